The van der Waals surface area contributed by atoms with Crippen molar-refractivity contribution in [1.82, 2.24) is 9.78 Å². The van der Waals surface area contributed by atoms with Gasteiger partial charge in [0.15, 0.2) is 11.6 Å². The van der Waals surface area contributed by atoms with Gasteiger partial charge in [0.1, 0.15) is 23.9 Å². The summed E-state index contributed by atoms with van der Waals surface area (Å²) >= 11 is 9.47. The van der Waals surface area contributed by atoms with Crippen molar-refractivity contribution >= 4 is 39.3 Å². The number of anilines is 1. The number of carbonyl (C=O) groups is 1. The van der Waals surface area contributed by atoms with Crippen LogP contribution in [0.4, 0.5) is 10.2 Å². The Morgan fingerprint density at radius 1 is 1.22 bits per heavy atom. The van der Waals surface area contributed by atoms with Crippen molar-refractivity contribution in [2.75, 3.05) is 5.32 Å². The number of hydrogen-bond acceptors (Lipinski definition) is 4. The summed E-state index contributed by atoms with van der Waals surface area (Å²) in [5.41, 5.74) is 1.07. The van der Waals surface area contributed by atoms with Crippen molar-refractivity contribution in [3.05, 3.63) is 98.8 Å². The van der Waals surface area contributed by atoms with E-state index < -0.39 is 11.7 Å². The van der Waals surface area contributed by atoms with E-state index in [1.807, 2.05) is 31.2 Å². The molecule has 0 bridgehead atoms. The molecule has 0 spiro atoms. The van der Waals surface area contributed by atoms with Crippen molar-refractivity contribution in [1.29, 1.82) is 0 Å². The summed E-state index contributed by atoms with van der Waals surface area (Å²) < 4.78 is 27.8. The number of nitrogens with zero attached hydrogens (tertiary/aromatic N) is 2. The summed E-state index contributed by atoms with van der Waals surface area (Å²) in [5, 5.41) is 7.34. The fourth-order valence-electron chi connectivity index (χ4n) is 3.01. The highest BCUT2D eigenvalue weighted by atomic mass is 79.9. The molecule has 0 aliphatic rings. The molecular formula is C23H18BrClFN3O3. The summed E-state index contributed by atoms with van der Waals surface area (Å²) in [4.78, 5) is 12.5. The zero-order valence-corrected chi connectivity index (χ0v) is 19.3. The lowest BCUT2D eigenvalue weighted by atomic mass is 10.2. The van der Waals surface area contributed by atoms with E-state index >= 15 is 0 Å². The minimum absolute atomic E-state index is 0.128. The van der Waals surface area contributed by atoms with E-state index in [0.29, 0.717) is 27.9 Å². The first kappa shape index (κ1) is 22.1. The highest BCUT2D eigenvalue weighted by Crippen LogP contribution is 2.22. The number of hydrogen-bond donors (Lipinski definition) is 1. The topological polar surface area (TPSA) is 69.3 Å². The molecule has 6 nitrogen and oxygen atoms in total. The lowest BCUT2D eigenvalue weighted by molar-refractivity contribution is 0.0992. The maximum Gasteiger partial charge on any atom is 0.292 e. The maximum atomic E-state index is 14.1. The van der Waals surface area contributed by atoms with Gasteiger partial charge in [-0.05, 0) is 55.5 Å². The second kappa shape index (κ2) is 9.58. The van der Waals surface area contributed by atoms with Crippen molar-refractivity contribution in [3.63, 3.8) is 0 Å². The quantitative estimate of drug-likeness (QED) is 0.315. The molecule has 164 valence electrons. The number of aryl methyl sites for hydroxylation is 1. The van der Waals surface area contributed by atoms with Crippen LogP contribution in [0.5, 0.6) is 5.75 Å². The second-order valence-corrected chi connectivity index (χ2v) is 8.31. The normalized spacial score (nSPS) is 10.9. The fourth-order valence-corrected chi connectivity index (χ4v) is 3.49. The van der Waals surface area contributed by atoms with E-state index in [4.69, 9.17) is 20.8 Å². The first-order valence-electron chi connectivity index (χ1n) is 9.65. The zero-order chi connectivity index (χ0) is 22.7. The Hall–Kier alpha value is -3.10. The molecule has 32 heavy (non-hydrogen) atoms. The first-order valence-corrected chi connectivity index (χ1v) is 10.8. The summed E-state index contributed by atoms with van der Waals surface area (Å²) in [5.74, 6) is 0.785. The molecule has 2 aromatic heterocycles. The standard InChI is InChI=1S/C23H18BrClFN3O3/c1-14-11-22(28-29(14)12-18-19(25)3-2-4-20(18)26)27-23(30)21-10-9-17(32-21)13-31-16-7-5-15(24)6-8-16/h2-11H,12-13H2,1H3,(H,27,28,30). The van der Waals surface area contributed by atoms with Crippen LogP contribution in [0.25, 0.3) is 0 Å². The number of nitrogens with one attached hydrogen (secondary N) is 1. The number of aromatic nitrogens is 2. The molecule has 0 aliphatic carbocycles. The van der Waals surface area contributed by atoms with Crippen molar-refractivity contribution in [2.45, 2.75) is 20.1 Å². The van der Waals surface area contributed by atoms with E-state index in [2.05, 4.69) is 26.3 Å². The monoisotopic (exact) mass is 517 g/mol. The molecule has 2 heterocycles. The minimum Gasteiger partial charge on any atom is -0.486 e. The van der Waals surface area contributed by atoms with Crippen LogP contribution in [0.3, 0.4) is 0 Å². The summed E-state index contributed by atoms with van der Waals surface area (Å²) in [6.07, 6.45) is 0. The lowest BCUT2D eigenvalue weighted by Crippen LogP contribution is -2.12. The smallest absolute Gasteiger partial charge is 0.292 e. The number of furan rings is 1. The molecule has 4 rings (SSSR count). The number of ether oxygens (including phenoxy) is 1. The van der Waals surface area contributed by atoms with Crippen LogP contribution in [0.2, 0.25) is 5.02 Å². The van der Waals surface area contributed by atoms with E-state index in [-0.39, 0.29) is 18.9 Å². The van der Waals surface area contributed by atoms with Gasteiger partial charge in [0, 0.05) is 26.8 Å². The molecule has 0 aliphatic heterocycles. The number of benzene rings is 2. The predicted octanol–water partition coefficient (Wildman–Crippen LogP) is 6.22. The number of amides is 1. The zero-order valence-electron chi connectivity index (χ0n) is 16.9. The minimum atomic E-state index is -0.450. The van der Waals surface area contributed by atoms with Crippen molar-refractivity contribution in [2.24, 2.45) is 0 Å². The van der Waals surface area contributed by atoms with E-state index in [9.17, 15) is 9.18 Å². The second-order valence-electron chi connectivity index (χ2n) is 6.99. The number of carbonyl (C=O) groups excluding carboxylic acids is 1. The summed E-state index contributed by atoms with van der Waals surface area (Å²) in [7, 11) is 0. The Kier molecular flexibility index (Phi) is 6.62. The van der Waals surface area contributed by atoms with Gasteiger partial charge in [0.05, 0.1) is 6.54 Å². The van der Waals surface area contributed by atoms with Gasteiger partial charge in [-0.25, -0.2) is 4.39 Å². The summed E-state index contributed by atoms with van der Waals surface area (Å²) in [6, 6.07) is 16.8. The molecule has 0 unspecified atom stereocenters. The molecule has 2 aromatic carbocycles. The molecule has 4 aromatic rings. The Balaban J connectivity index is 1.39. The lowest BCUT2D eigenvalue weighted by Gasteiger charge is -2.07. The van der Waals surface area contributed by atoms with Gasteiger partial charge in [0.25, 0.3) is 5.91 Å². The molecule has 1 N–H and O–H groups in total. The third kappa shape index (κ3) is 5.20. The van der Waals surface area contributed by atoms with Gasteiger partial charge in [0.2, 0.25) is 0 Å². The number of rotatable bonds is 7. The molecule has 0 fully saturated rings. The van der Waals surface area contributed by atoms with Gasteiger partial charge in [-0.15, -0.1) is 0 Å². The van der Waals surface area contributed by atoms with Gasteiger partial charge in [-0.1, -0.05) is 33.6 Å². The van der Waals surface area contributed by atoms with Crippen LogP contribution in [-0.4, -0.2) is 15.7 Å². The average molecular weight is 519 g/mol. The van der Waals surface area contributed by atoms with Crippen molar-refractivity contribution in [3.8, 4) is 5.75 Å². The molecule has 0 radical (unpaired) electrons. The van der Waals surface area contributed by atoms with E-state index in [1.54, 1.807) is 35.0 Å². The Labute approximate surface area is 197 Å². The fraction of sp³-hybridized carbons (Fsp3) is 0.130. The molecule has 0 saturated heterocycles. The highest BCUT2D eigenvalue weighted by molar-refractivity contribution is 9.10. The predicted molar refractivity (Wildman–Crippen MR) is 123 cm³/mol. The average Bonchev–Trinajstić information content (AvgIpc) is 3.37. The molecule has 1 amide bonds. The first-order chi connectivity index (χ1) is 15.4. The van der Waals surface area contributed by atoms with Gasteiger partial charge in [-0.3, -0.25) is 9.48 Å². The van der Waals surface area contributed by atoms with Gasteiger partial charge >= 0.3 is 0 Å². The van der Waals surface area contributed by atoms with E-state index in [1.165, 1.54) is 6.07 Å². The molecule has 0 saturated carbocycles. The summed E-state index contributed by atoms with van der Waals surface area (Å²) in [6.45, 7) is 2.14. The van der Waals surface area contributed by atoms with Crippen LogP contribution >= 0.6 is 27.5 Å². The Morgan fingerprint density at radius 2 is 2.00 bits per heavy atom. The third-order valence-corrected chi connectivity index (χ3v) is 5.56. The van der Waals surface area contributed by atoms with Crippen molar-refractivity contribution < 1.29 is 18.3 Å². The van der Waals surface area contributed by atoms with E-state index in [0.717, 1.165) is 10.2 Å². The molecular weight excluding hydrogens is 501 g/mol. The van der Waals surface area contributed by atoms with Crippen LogP contribution in [-0.2, 0) is 13.2 Å². The molecule has 9 heteroatoms. The Morgan fingerprint density at radius 3 is 2.75 bits per heavy atom. The third-order valence-electron chi connectivity index (χ3n) is 4.67. The number of halogens is 3. The van der Waals surface area contributed by atoms with Gasteiger partial charge < -0.3 is 14.5 Å². The van der Waals surface area contributed by atoms with Crippen LogP contribution in [0, 0.1) is 12.7 Å². The van der Waals surface area contributed by atoms with Crippen LogP contribution in [0.15, 0.2) is 69.6 Å². The molecule has 0 atom stereocenters. The van der Waals surface area contributed by atoms with Crippen LogP contribution in [0.1, 0.15) is 27.6 Å². The Bertz CT molecular complexity index is 1230. The SMILES string of the molecule is Cc1cc(NC(=O)c2ccc(COc3ccc(Br)cc3)o2)nn1Cc1c(F)cccc1Cl. The van der Waals surface area contributed by atoms with Crippen LogP contribution < -0.4 is 10.1 Å². The maximum absolute atomic E-state index is 14.1. The largest absolute Gasteiger partial charge is 0.486 e. The van der Waals surface area contributed by atoms with Gasteiger partial charge in [-0.2, -0.15) is 5.10 Å². The highest BCUT2D eigenvalue weighted by Gasteiger charge is 2.16.